The average molecular weight is 324 g/mol. The number of H-pyrrole nitrogens is 1. The normalized spacial score (nSPS) is 17.8. The number of aliphatic hydroxyl groups is 1. The predicted molar refractivity (Wildman–Crippen MR) is 90.0 cm³/mol. The second kappa shape index (κ2) is 5.85. The Kier molecular flexibility index (Phi) is 3.67. The van der Waals surface area contributed by atoms with E-state index in [9.17, 15) is 14.3 Å². The number of aromatic amines is 1. The van der Waals surface area contributed by atoms with E-state index in [0.717, 1.165) is 23.4 Å². The number of aliphatic hydroxyl groups excluding tert-OH is 1. The third kappa shape index (κ3) is 2.72. The van der Waals surface area contributed by atoms with E-state index in [0.29, 0.717) is 24.0 Å². The molecule has 1 aliphatic heterocycles. The fourth-order valence-electron chi connectivity index (χ4n) is 3.37. The number of pyridine rings is 1. The van der Waals surface area contributed by atoms with E-state index in [4.69, 9.17) is 0 Å². The SMILES string of the molecule is O=c1cc(CN2Cc3ccccc3[C@@H](O)C2)[nH]c2ccc(F)cc12. The van der Waals surface area contributed by atoms with Crippen LogP contribution < -0.4 is 5.43 Å². The topological polar surface area (TPSA) is 56.3 Å². The minimum atomic E-state index is -0.531. The van der Waals surface area contributed by atoms with Crippen molar-refractivity contribution in [2.75, 3.05) is 6.54 Å². The van der Waals surface area contributed by atoms with Crippen LogP contribution in [-0.2, 0) is 13.1 Å². The summed E-state index contributed by atoms with van der Waals surface area (Å²) in [5, 5.41) is 10.7. The van der Waals surface area contributed by atoms with Crippen LogP contribution in [-0.4, -0.2) is 21.5 Å². The van der Waals surface area contributed by atoms with Crippen LogP contribution in [0.15, 0.2) is 53.3 Å². The second-order valence-corrected chi connectivity index (χ2v) is 6.23. The molecule has 1 aliphatic rings. The fourth-order valence-corrected chi connectivity index (χ4v) is 3.37. The number of hydrogen-bond acceptors (Lipinski definition) is 3. The van der Waals surface area contributed by atoms with Gasteiger partial charge in [-0.2, -0.15) is 0 Å². The van der Waals surface area contributed by atoms with Crippen molar-refractivity contribution in [3.8, 4) is 0 Å². The van der Waals surface area contributed by atoms with Gasteiger partial charge in [-0.25, -0.2) is 4.39 Å². The summed E-state index contributed by atoms with van der Waals surface area (Å²) in [6.45, 7) is 1.76. The van der Waals surface area contributed by atoms with Crippen molar-refractivity contribution in [1.82, 2.24) is 9.88 Å². The Bertz CT molecular complexity index is 967. The summed E-state index contributed by atoms with van der Waals surface area (Å²) in [6.07, 6.45) is -0.531. The standard InChI is InChI=1S/C19H17FN2O2/c20-13-5-6-17-16(7-13)18(23)8-14(21-17)10-22-9-12-3-1-2-4-15(12)19(24)11-22/h1-8,19,24H,9-11H2,(H,21,23)/t19-/m0/s1. The summed E-state index contributed by atoms with van der Waals surface area (Å²) in [7, 11) is 0. The van der Waals surface area contributed by atoms with Gasteiger partial charge in [0, 0.05) is 42.3 Å². The molecule has 2 heterocycles. The van der Waals surface area contributed by atoms with Gasteiger partial charge in [0.15, 0.2) is 5.43 Å². The lowest BCUT2D eigenvalue weighted by Gasteiger charge is -2.32. The monoisotopic (exact) mass is 324 g/mol. The summed E-state index contributed by atoms with van der Waals surface area (Å²) in [4.78, 5) is 17.5. The molecule has 1 aromatic heterocycles. The second-order valence-electron chi connectivity index (χ2n) is 6.23. The zero-order chi connectivity index (χ0) is 16.7. The molecule has 4 rings (SSSR count). The Labute approximate surface area is 138 Å². The van der Waals surface area contributed by atoms with Crippen molar-refractivity contribution in [3.05, 3.63) is 81.4 Å². The Morgan fingerprint density at radius 2 is 2.04 bits per heavy atom. The molecule has 122 valence electrons. The lowest BCUT2D eigenvalue weighted by Crippen LogP contribution is -2.33. The van der Waals surface area contributed by atoms with E-state index in [1.165, 1.54) is 18.2 Å². The molecule has 4 nitrogen and oxygen atoms in total. The highest BCUT2D eigenvalue weighted by Crippen LogP contribution is 2.27. The maximum absolute atomic E-state index is 13.3. The number of aromatic nitrogens is 1. The zero-order valence-corrected chi connectivity index (χ0v) is 13.0. The number of hydrogen-bond donors (Lipinski definition) is 2. The molecule has 0 saturated heterocycles. The number of benzene rings is 2. The van der Waals surface area contributed by atoms with E-state index < -0.39 is 11.9 Å². The summed E-state index contributed by atoms with van der Waals surface area (Å²) in [6, 6.07) is 13.5. The van der Waals surface area contributed by atoms with Crippen LogP contribution in [0.25, 0.3) is 10.9 Å². The molecule has 0 unspecified atom stereocenters. The van der Waals surface area contributed by atoms with E-state index in [1.54, 1.807) is 6.07 Å². The number of nitrogens with one attached hydrogen (secondary N) is 1. The first kappa shape index (κ1) is 15.1. The predicted octanol–water partition coefficient (Wildman–Crippen LogP) is 2.72. The number of halogens is 1. The van der Waals surface area contributed by atoms with Gasteiger partial charge in [0.25, 0.3) is 0 Å². The first-order chi connectivity index (χ1) is 11.6. The van der Waals surface area contributed by atoms with E-state index in [1.807, 2.05) is 24.3 Å². The van der Waals surface area contributed by atoms with Gasteiger partial charge in [0.05, 0.1) is 6.10 Å². The van der Waals surface area contributed by atoms with Gasteiger partial charge < -0.3 is 10.1 Å². The molecule has 0 amide bonds. The van der Waals surface area contributed by atoms with Crippen LogP contribution >= 0.6 is 0 Å². The highest BCUT2D eigenvalue weighted by Gasteiger charge is 2.23. The van der Waals surface area contributed by atoms with Crippen LogP contribution in [0.4, 0.5) is 4.39 Å². The van der Waals surface area contributed by atoms with Crippen molar-refractivity contribution in [2.45, 2.75) is 19.2 Å². The Balaban J connectivity index is 1.63. The molecule has 0 saturated carbocycles. The number of β-amino-alcohol motifs (C(OH)–C–C–N with tert-alkyl or cyclic N) is 1. The van der Waals surface area contributed by atoms with Crippen molar-refractivity contribution in [2.24, 2.45) is 0 Å². The largest absolute Gasteiger partial charge is 0.387 e. The molecule has 0 bridgehead atoms. The molecule has 3 aromatic rings. The van der Waals surface area contributed by atoms with Crippen molar-refractivity contribution >= 4 is 10.9 Å². The lowest BCUT2D eigenvalue weighted by molar-refractivity contribution is 0.0875. The van der Waals surface area contributed by atoms with E-state index in [2.05, 4.69) is 9.88 Å². The highest BCUT2D eigenvalue weighted by atomic mass is 19.1. The summed E-state index contributed by atoms with van der Waals surface area (Å²) >= 11 is 0. The quantitative estimate of drug-likeness (QED) is 0.762. The van der Waals surface area contributed by atoms with E-state index in [-0.39, 0.29) is 5.43 Å². The first-order valence-corrected chi connectivity index (χ1v) is 7.90. The van der Waals surface area contributed by atoms with Gasteiger partial charge >= 0.3 is 0 Å². The van der Waals surface area contributed by atoms with Gasteiger partial charge in [-0.3, -0.25) is 9.69 Å². The summed E-state index contributed by atoms with van der Waals surface area (Å²) in [5.74, 6) is -0.420. The third-order valence-corrected chi connectivity index (χ3v) is 4.48. The molecule has 0 aliphatic carbocycles. The lowest BCUT2D eigenvalue weighted by atomic mass is 9.97. The molecule has 0 radical (unpaired) electrons. The number of nitrogens with zero attached hydrogens (tertiary/aromatic N) is 1. The molecule has 1 atom stereocenters. The molecule has 2 aromatic carbocycles. The van der Waals surface area contributed by atoms with Gasteiger partial charge in [-0.1, -0.05) is 24.3 Å². The van der Waals surface area contributed by atoms with Crippen LogP contribution in [0, 0.1) is 5.82 Å². The van der Waals surface area contributed by atoms with Crippen molar-refractivity contribution in [3.63, 3.8) is 0 Å². The van der Waals surface area contributed by atoms with E-state index >= 15 is 0 Å². The molecule has 5 heteroatoms. The van der Waals surface area contributed by atoms with Crippen LogP contribution in [0.1, 0.15) is 22.9 Å². The average Bonchev–Trinajstić information content (AvgIpc) is 2.56. The Morgan fingerprint density at radius 1 is 1.21 bits per heavy atom. The van der Waals surface area contributed by atoms with Crippen LogP contribution in [0.3, 0.4) is 0 Å². The molecule has 0 spiro atoms. The summed E-state index contributed by atoms with van der Waals surface area (Å²) < 4.78 is 13.3. The van der Waals surface area contributed by atoms with Crippen molar-refractivity contribution < 1.29 is 9.50 Å². The van der Waals surface area contributed by atoms with Gasteiger partial charge in [0.2, 0.25) is 0 Å². The highest BCUT2D eigenvalue weighted by molar-refractivity contribution is 5.78. The molecular formula is C19H17FN2O2. The molecule has 24 heavy (non-hydrogen) atoms. The Hall–Kier alpha value is -2.50. The molecule has 2 N–H and O–H groups in total. The van der Waals surface area contributed by atoms with Crippen LogP contribution in [0.2, 0.25) is 0 Å². The number of fused-ring (bicyclic) bond motifs is 2. The summed E-state index contributed by atoms with van der Waals surface area (Å²) in [5.41, 5.74) is 3.25. The van der Waals surface area contributed by atoms with Gasteiger partial charge in [0.1, 0.15) is 5.82 Å². The Morgan fingerprint density at radius 3 is 2.92 bits per heavy atom. The minimum Gasteiger partial charge on any atom is -0.387 e. The maximum Gasteiger partial charge on any atom is 0.189 e. The minimum absolute atomic E-state index is 0.198. The van der Waals surface area contributed by atoms with Gasteiger partial charge in [-0.05, 0) is 29.3 Å². The molecule has 0 fully saturated rings. The van der Waals surface area contributed by atoms with Crippen LogP contribution in [0.5, 0.6) is 0 Å². The van der Waals surface area contributed by atoms with Crippen molar-refractivity contribution in [1.29, 1.82) is 0 Å². The first-order valence-electron chi connectivity index (χ1n) is 7.90. The number of rotatable bonds is 2. The van der Waals surface area contributed by atoms with Gasteiger partial charge in [-0.15, -0.1) is 0 Å². The maximum atomic E-state index is 13.3. The molecular weight excluding hydrogens is 307 g/mol. The fraction of sp³-hybridized carbons (Fsp3) is 0.211. The smallest absolute Gasteiger partial charge is 0.189 e. The zero-order valence-electron chi connectivity index (χ0n) is 13.0. The third-order valence-electron chi connectivity index (χ3n) is 4.48.